The lowest BCUT2D eigenvalue weighted by molar-refractivity contribution is 0.0187. The largest absolute Gasteiger partial charge is 0.379 e. The molecule has 0 aromatic carbocycles. The third-order valence-electron chi connectivity index (χ3n) is 3.85. The quantitative estimate of drug-likeness (QED) is 0.735. The van der Waals surface area contributed by atoms with Gasteiger partial charge in [-0.3, -0.25) is 0 Å². The van der Waals surface area contributed by atoms with E-state index in [0.29, 0.717) is 19.0 Å². The molecule has 2 heterocycles. The van der Waals surface area contributed by atoms with E-state index >= 15 is 0 Å². The molecule has 0 N–H and O–H groups in total. The fraction of sp³-hybridized carbons (Fsp3) is 0.667. The van der Waals surface area contributed by atoms with E-state index in [1.807, 2.05) is 4.90 Å². The van der Waals surface area contributed by atoms with Gasteiger partial charge in [0.05, 0.1) is 19.4 Å². The molecule has 2 fully saturated rings. The Morgan fingerprint density at radius 1 is 1.44 bits per heavy atom. The zero-order chi connectivity index (χ0) is 12.6. The van der Waals surface area contributed by atoms with Crippen LogP contribution in [-0.4, -0.2) is 36.3 Å². The molecule has 0 bridgehead atoms. The predicted molar refractivity (Wildman–Crippen MR) is 66.3 cm³/mol. The summed E-state index contributed by atoms with van der Waals surface area (Å²) in [7, 11) is 0. The number of rotatable bonds is 1. The molecule has 0 radical (unpaired) electrons. The maximum absolute atomic E-state index is 13.8. The molecule has 3 rings (SSSR count). The minimum Gasteiger partial charge on any atom is -0.379 e. The van der Waals surface area contributed by atoms with Crippen LogP contribution in [0.15, 0.2) is 6.20 Å². The second kappa shape index (κ2) is 4.63. The summed E-state index contributed by atoms with van der Waals surface area (Å²) < 4.78 is 19.4. The van der Waals surface area contributed by atoms with Gasteiger partial charge in [0.25, 0.3) is 0 Å². The molecule has 1 aliphatic carbocycles. The van der Waals surface area contributed by atoms with Gasteiger partial charge in [0.1, 0.15) is 0 Å². The second-order valence-electron chi connectivity index (χ2n) is 5.14. The van der Waals surface area contributed by atoms with E-state index in [1.54, 1.807) is 0 Å². The van der Waals surface area contributed by atoms with Crippen molar-refractivity contribution in [2.75, 3.05) is 31.2 Å². The predicted octanol–water partition coefficient (Wildman–Crippen LogP) is 2.28. The molecule has 1 aliphatic heterocycles. The van der Waals surface area contributed by atoms with Crippen LogP contribution in [0.3, 0.4) is 0 Å². The van der Waals surface area contributed by atoms with Crippen LogP contribution in [0.4, 0.5) is 10.2 Å². The van der Waals surface area contributed by atoms with Gasteiger partial charge in [-0.15, -0.1) is 0 Å². The molecule has 1 aromatic rings. The Morgan fingerprint density at radius 2 is 2.28 bits per heavy atom. The van der Waals surface area contributed by atoms with Gasteiger partial charge in [-0.2, -0.15) is 4.98 Å². The Balaban J connectivity index is 1.87. The number of anilines is 1. The van der Waals surface area contributed by atoms with Crippen LogP contribution in [0, 0.1) is 11.2 Å². The molecule has 0 amide bonds. The molecule has 98 valence electrons. The Bertz CT molecular complexity index is 453. The van der Waals surface area contributed by atoms with Crippen molar-refractivity contribution in [3.05, 3.63) is 17.3 Å². The van der Waals surface area contributed by atoms with E-state index in [9.17, 15) is 4.39 Å². The molecular weight excluding hydrogens is 257 g/mol. The number of nitrogens with zero attached hydrogens (tertiary/aromatic N) is 3. The summed E-state index contributed by atoms with van der Waals surface area (Å²) in [6.45, 7) is 2.80. The molecule has 4 nitrogen and oxygen atoms in total. The highest BCUT2D eigenvalue weighted by molar-refractivity contribution is 6.28. The van der Waals surface area contributed by atoms with Crippen molar-refractivity contribution in [1.82, 2.24) is 9.97 Å². The van der Waals surface area contributed by atoms with Gasteiger partial charge in [0.15, 0.2) is 11.6 Å². The van der Waals surface area contributed by atoms with E-state index in [4.69, 9.17) is 16.3 Å². The molecule has 1 spiro atoms. The minimum absolute atomic E-state index is 0.0826. The lowest BCUT2D eigenvalue weighted by atomic mass is 9.69. The van der Waals surface area contributed by atoms with Gasteiger partial charge in [-0.05, 0) is 24.4 Å². The van der Waals surface area contributed by atoms with E-state index in [-0.39, 0.29) is 10.7 Å². The highest BCUT2D eigenvalue weighted by Crippen LogP contribution is 2.43. The van der Waals surface area contributed by atoms with Gasteiger partial charge >= 0.3 is 0 Å². The Labute approximate surface area is 110 Å². The summed E-state index contributed by atoms with van der Waals surface area (Å²) >= 11 is 5.75. The maximum Gasteiger partial charge on any atom is 0.224 e. The van der Waals surface area contributed by atoms with Gasteiger partial charge < -0.3 is 9.64 Å². The topological polar surface area (TPSA) is 38.2 Å². The molecule has 18 heavy (non-hydrogen) atoms. The van der Waals surface area contributed by atoms with E-state index in [0.717, 1.165) is 32.2 Å². The monoisotopic (exact) mass is 271 g/mol. The Morgan fingerprint density at radius 3 is 3.00 bits per heavy atom. The highest BCUT2D eigenvalue weighted by Gasteiger charge is 2.41. The van der Waals surface area contributed by atoms with Crippen molar-refractivity contribution < 1.29 is 9.13 Å². The fourth-order valence-electron chi connectivity index (χ4n) is 2.71. The smallest absolute Gasteiger partial charge is 0.224 e. The van der Waals surface area contributed by atoms with Gasteiger partial charge in [0.2, 0.25) is 5.28 Å². The zero-order valence-electron chi connectivity index (χ0n) is 10.0. The first-order valence-corrected chi connectivity index (χ1v) is 6.57. The zero-order valence-corrected chi connectivity index (χ0v) is 10.8. The molecular formula is C12H15ClFN3O. The van der Waals surface area contributed by atoms with Crippen LogP contribution in [0.5, 0.6) is 0 Å². The first kappa shape index (κ1) is 12.1. The summed E-state index contributed by atoms with van der Waals surface area (Å²) in [6, 6.07) is 0. The third kappa shape index (κ3) is 2.17. The van der Waals surface area contributed by atoms with Crippen molar-refractivity contribution in [3.63, 3.8) is 0 Å². The van der Waals surface area contributed by atoms with Crippen LogP contribution < -0.4 is 4.90 Å². The number of ether oxygens (including phenoxy) is 1. The molecule has 1 saturated heterocycles. The molecule has 0 unspecified atom stereocenters. The van der Waals surface area contributed by atoms with Crippen molar-refractivity contribution in [3.8, 4) is 0 Å². The van der Waals surface area contributed by atoms with Crippen molar-refractivity contribution in [2.45, 2.75) is 19.3 Å². The fourth-order valence-corrected chi connectivity index (χ4v) is 2.84. The number of halogens is 2. The lowest BCUT2D eigenvalue weighted by Crippen LogP contribution is -2.44. The van der Waals surface area contributed by atoms with Crippen LogP contribution in [0.1, 0.15) is 19.3 Å². The molecule has 1 saturated carbocycles. The summed E-state index contributed by atoms with van der Waals surface area (Å²) in [4.78, 5) is 9.60. The SMILES string of the molecule is Fc1cnc(Cl)nc1N1CCOCC2(CCC2)C1. The Kier molecular flexibility index (Phi) is 3.11. The highest BCUT2D eigenvalue weighted by atomic mass is 35.5. The molecule has 6 heteroatoms. The molecule has 1 aromatic heterocycles. The average Bonchev–Trinajstić information content (AvgIpc) is 2.54. The third-order valence-corrected chi connectivity index (χ3v) is 4.03. The van der Waals surface area contributed by atoms with E-state index in [2.05, 4.69) is 9.97 Å². The standard InChI is InChI=1S/C12H15ClFN3O/c13-11-15-6-9(14)10(16-11)17-4-5-18-8-12(7-17)2-1-3-12/h6H,1-5,7-8H2. The van der Waals surface area contributed by atoms with Gasteiger partial charge in [-0.1, -0.05) is 6.42 Å². The van der Waals surface area contributed by atoms with Crippen molar-refractivity contribution in [2.24, 2.45) is 5.41 Å². The average molecular weight is 272 g/mol. The van der Waals surface area contributed by atoms with Crippen molar-refractivity contribution in [1.29, 1.82) is 0 Å². The number of hydrogen-bond acceptors (Lipinski definition) is 4. The summed E-state index contributed by atoms with van der Waals surface area (Å²) in [5.74, 6) is -0.123. The van der Waals surface area contributed by atoms with Crippen LogP contribution in [0.2, 0.25) is 5.28 Å². The van der Waals surface area contributed by atoms with E-state index < -0.39 is 5.82 Å². The molecule has 0 atom stereocenters. The van der Waals surface area contributed by atoms with Gasteiger partial charge in [0, 0.05) is 18.5 Å². The first-order valence-electron chi connectivity index (χ1n) is 6.19. The maximum atomic E-state index is 13.8. The van der Waals surface area contributed by atoms with Crippen LogP contribution in [0.25, 0.3) is 0 Å². The molecule has 2 aliphatic rings. The lowest BCUT2D eigenvalue weighted by Gasteiger charge is -2.42. The normalized spacial score (nSPS) is 22.7. The van der Waals surface area contributed by atoms with Crippen LogP contribution >= 0.6 is 11.6 Å². The van der Waals surface area contributed by atoms with Crippen molar-refractivity contribution >= 4 is 17.4 Å². The van der Waals surface area contributed by atoms with Crippen LogP contribution in [-0.2, 0) is 4.74 Å². The number of aromatic nitrogens is 2. The van der Waals surface area contributed by atoms with Gasteiger partial charge in [-0.25, -0.2) is 9.37 Å². The first-order chi connectivity index (χ1) is 8.69. The van der Waals surface area contributed by atoms with E-state index in [1.165, 1.54) is 6.42 Å². The summed E-state index contributed by atoms with van der Waals surface area (Å²) in [5, 5.41) is 0.0826. The number of hydrogen-bond donors (Lipinski definition) is 0. The minimum atomic E-state index is -0.421. The Hall–Kier alpha value is -0.940. The second-order valence-corrected chi connectivity index (χ2v) is 5.48. The summed E-state index contributed by atoms with van der Waals surface area (Å²) in [6.07, 6.45) is 4.64. The summed E-state index contributed by atoms with van der Waals surface area (Å²) in [5.41, 5.74) is 0.181.